The minimum Gasteiger partial charge on any atom is -0.495 e. The molecule has 1 aliphatic rings. The van der Waals surface area contributed by atoms with Crippen LogP contribution in [0.3, 0.4) is 0 Å². The van der Waals surface area contributed by atoms with Crippen LogP contribution in [0.2, 0.25) is 0 Å². The SMILES string of the molecule is COc1ccccc1N1CCN(CCCN(C)C(=O)c2ccccc2OCc2ccccc2)CC1. The molecule has 4 rings (SSSR count). The Morgan fingerprint density at radius 3 is 2.26 bits per heavy atom. The fourth-order valence-electron chi connectivity index (χ4n) is 4.45. The molecule has 0 aliphatic carbocycles. The maximum Gasteiger partial charge on any atom is 0.257 e. The highest BCUT2D eigenvalue weighted by Crippen LogP contribution is 2.28. The molecule has 1 amide bonds. The highest BCUT2D eigenvalue weighted by Gasteiger charge is 2.20. The number of carbonyl (C=O) groups is 1. The van der Waals surface area contributed by atoms with E-state index in [9.17, 15) is 4.79 Å². The molecule has 184 valence electrons. The van der Waals surface area contributed by atoms with Crippen LogP contribution in [0.25, 0.3) is 0 Å². The number of para-hydroxylation sites is 3. The maximum absolute atomic E-state index is 13.1. The number of hydrogen-bond donors (Lipinski definition) is 0. The van der Waals surface area contributed by atoms with Crippen LogP contribution in [0.4, 0.5) is 5.69 Å². The fraction of sp³-hybridized carbons (Fsp3) is 0.345. The van der Waals surface area contributed by atoms with Gasteiger partial charge in [0.25, 0.3) is 5.91 Å². The number of carbonyl (C=O) groups excluding carboxylic acids is 1. The topological polar surface area (TPSA) is 45.2 Å². The number of ether oxygens (including phenoxy) is 2. The summed E-state index contributed by atoms with van der Waals surface area (Å²) >= 11 is 0. The Hall–Kier alpha value is -3.51. The molecule has 0 atom stereocenters. The van der Waals surface area contributed by atoms with E-state index in [-0.39, 0.29) is 5.91 Å². The molecular formula is C29H35N3O3. The van der Waals surface area contributed by atoms with Crippen LogP contribution in [0, 0.1) is 0 Å². The lowest BCUT2D eigenvalue weighted by molar-refractivity contribution is 0.0783. The van der Waals surface area contributed by atoms with Crippen molar-refractivity contribution in [3.05, 3.63) is 90.0 Å². The molecule has 3 aromatic carbocycles. The van der Waals surface area contributed by atoms with Gasteiger partial charge in [0.1, 0.15) is 18.1 Å². The van der Waals surface area contributed by atoms with Gasteiger partial charge in [-0.2, -0.15) is 0 Å². The van der Waals surface area contributed by atoms with Crippen molar-refractivity contribution in [2.45, 2.75) is 13.0 Å². The lowest BCUT2D eigenvalue weighted by Gasteiger charge is -2.36. The molecular weight excluding hydrogens is 438 g/mol. The zero-order valence-corrected chi connectivity index (χ0v) is 20.7. The number of amides is 1. The highest BCUT2D eigenvalue weighted by atomic mass is 16.5. The first-order valence-corrected chi connectivity index (χ1v) is 12.3. The zero-order chi connectivity index (χ0) is 24.5. The number of nitrogens with zero attached hydrogens (tertiary/aromatic N) is 3. The third kappa shape index (κ3) is 6.55. The molecule has 0 aromatic heterocycles. The summed E-state index contributed by atoms with van der Waals surface area (Å²) in [5, 5.41) is 0. The van der Waals surface area contributed by atoms with E-state index in [0.717, 1.165) is 56.1 Å². The van der Waals surface area contributed by atoms with Crippen molar-refractivity contribution in [3.8, 4) is 11.5 Å². The highest BCUT2D eigenvalue weighted by molar-refractivity contribution is 5.96. The van der Waals surface area contributed by atoms with Gasteiger partial charge in [0, 0.05) is 39.8 Å². The monoisotopic (exact) mass is 473 g/mol. The van der Waals surface area contributed by atoms with Crippen LogP contribution >= 0.6 is 0 Å². The van der Waals surface area contributed by atoms with Gasteiger partial charge in [-0.25, -0.2) is 0 Å². The van der Waals surface area contributed by atoms with E-state index >= 15 is 0 Å². The predicted octanol–water partition coefficient (Wildman–Crippen LogP) is 4.56. The molecule has 0 N–H and O–H groups in total. The first kappa shape index (κ1) is 24.6. The van der Waals surface area contributed by atoms with Crippen LogP contribution in [-0.2, 0) is 6.61 Å². The minimum atomic E-state index is -0.00495. The van der Waals surface area contributed by atoms with Crippen molar-refractivity contribution in [3.63, 3.8) is 0 Å². The summed E-state index contributed by atoms with van der Waals surface area (Å²) in [5.41, 5.74) is 2.85. The molecule has 6 heteroatoms. The Kier molecular flexibility index (Phi) is 8.63. The average Bonchev–Trinajstić information content (AvgIpc) is 2.92. The van der Waals surface area contributed by atoms with Crippen LogP contribution in [0.15, 0.2) is 78.9 Å². The molecule has 0 unspecified atom stereocenters. The fourth-order valence-corrected chi connectivity index (χ4v) is 4.45. The first-order chi connectivity index (χ1) is 17.2. The van der Waals surface area contributed by atoms with E-state index in [2.05, 4.69) is 21.9 Å². The smallest absolute Gasteiger partial charge is 0.257 e. The Bertz CT molecular complexity index is 1080. The van der Waals surface area contributed by atoms with E-state index < -0.39 is 0 Å². The number of benzene rings is 3. The van der Waals surface area contributed by atoms with E-state index in [4.69, 9.17) is 9.47 Å². The third-order valence-corrected chi connectivity index (χ3v) is 6.47. The van der Waals surface area contributed by atoms with Gasteiger partial charge < -0.3 is 19.3 Å². The van der Waals surface area contributed by atoms with Gasteiger partial charge in [0.2, 0.25) is 0 Å². The standard InChI is InChI=1S/C29H35N3O3/c1-30(29(33)25-13-6-8-15-27(25)35-23-24-11-4-3-5-12-24)17-10-18-31-19-21-32(22-20-31)26-14-7-9-16-28(26)34-2/h3-9,11-16H,10,17-23H2,1-2H3. The van der Waals surface area contributed by atoms with Crippen LogP contribution in [-0.4, -0.2) is 69.1 Å². The lowest BCUT2D eigenvalue weighted by Crippen LogP contribution is -2.47. The Balaban J connectivity index is 1.24. The Morgan fingerprint density at radius 1 is 0.857 bits per heavy atom. The second-order valence-corrected chi connectivity index (χ2v) is 8.85. The van der Waals surface area contributed by atoms with Gasteiger partial charge in [-0.15, -0.1) is 0 Å². The number of piperazine rings is 1. The van der Waals surface area contributed by atoms with Crippen molar-refractivity contribution < 1.29 is 14.3 Å². The van der Waals surface area contributed by atoms with E-state index in [1.807, 2.05) is 73.8 Å². The predicted molar refractivity (Wildman–Crippen MR) is 140 cm³/mol. The summed E-state index contributed by atoms with van der Waals surface area (Å²) in [6, 6.07) is 25.7. The molecule has 0 spiro atoms. The number of methoxy groups -OCH3 is 1. The number of hydrogen-bond acceptors (Lipinski definition) is 5. The van der Waals surface area contributed by atoms with Gasteiger partial charge in [0.15, 0.2) is 0 Å². The quantitative estimate of drug-likeness (QED) is 0.432. The number of anilines is 1. The second-order valence-electron chi connectivity index (χ2n) is 8.85. The van der Waals surface area contributed by atoms with E-state index in [1.165, 1.54) is 0 Å². The lowest BCUT2D eigenvalue weighted by atomic mass is 10.1. The molecule has 1 fully saturated rings. The molecule has 0 radical (unpaired) electrons. The van der Waals surface area contributed by atoms with Crippen LogP contribution in [0.5, 0.6) is 11.5 Å². The maximum atomic E-state index is 13.1. The summed E-state index contributed by atoms with van der Waals surface area (Å²) < 4.78 is 11.5. The Morgan fingerprint density at radius 2 is 1.51 bits per heavy atom. The molecule has 1 aliphatic heterocycles. The minimum absolute atomic E-state index is 0.00495. The van der Waals surface area contributed by atoms with Gasteiger partial charge >= 0.3 is 0 Å². The molecule has 1 heterocycles. The van der Waals surface area contributed by atoms with Crippen molar-refractivity contribution in [1.29, 1.82) is 0 Å². The summed E-state index contributed by atoms with van der Waals surface area (Å²) in [6.45, 7) is 6.08. The van der Waals surface area contributed by atoms with Gasteiger partial charge in [-0.05, 0) is 42.8 Å². The normalized spacial score (nSPS) is 13.9. The molecule has 1 saturated heterocycles. The molecule has 0 saturated carbocycles. The van der Waals surface area contributed by atoms with Crippen LogP contribution < -0.4 is 14.4 Å². The van der Waals surface area contributed by atoms with Gasteiger partial charge in [-0.1, -0.05) is 54.6 Å². The van der Waals surface area contributed by atoms with E-state index in [0.29, 0.717) is 24.5 Å². The summed E-state index contributed by atoms with van der Waals surface area (Å²) in [7, 11) is 3.59. The summed E-state index contributed by atoms with van der Waals surface area (Å²) in [5.74, 6) is 1.55. The molecule has 0 bridgehead atoms. The average molecular weight is 474 g/mol. The van der Waals surface area contributed by atoms with Crippen molar-refractivity contribution >= 4 is 11.6 Å². The summed E-state index contributed by atoms with van der Waals surface area (Å²) in [4.78, 5) is 19.8. The summed E-state index contributed by atoms with van der Waals surface area (Å²) in [6.07, 6.45) is 0.934. The van der Waals surface area contributed by atoms with Crippen molar-refractivity contribution in [2.75, 3.05) is 58.3 Å². The van der Waals surface area contributed by atoms with Crippen LogP contribution in [0.1, 0.15) is 22.3 Å². The third-order valence-electron chi connectivity index (χ3n) is 6.47. The zero-order valence-electron chi connectivity index (χ0n) is 20.7. The first-order valence-electron chi connectivity index (χ1n) is 12.3. The molecule has 6 nitrogen and oxygen atoms in total. The molecule has 3 aromatic rings. The van der Waals surface area contributed by atoms with Crippen molar-refractivity contribution in [1.82, 2.24) is 9.80 Å². The van der Waals surface area contributed by atoms with Gasteiger partial charge in [0.05, 0.1) is 18.4 Å². The van der Waals surface area contributed by atoms with Gasteiger partial charge in [-0.3, -0.25) is 9.69 Å². The molecule has 35 heavy (non-hydrogen) atoms. The Labute approximate surface area is 208 Å². The van der Waals surface area contributed by atoms with Crippen molar-refractivity contribution in [2.24, 2.45) is 0 Å². The number of rotatable bonds is 10. The second kappa shape index (κ2) is 12.3. The van der Waals surface area contributed by atoms with E-state index in [1.54, 1.807) is 12.0 Å². The largest absolute Gasteiger partial charge is 0.495 e.